The van der Waals surface area contributed by atoms with Crippen molar-refractivity contribution >= 4 is 0 Å². The fourth-order valence-electron chi connectivity index (χ4n) is 2.13. The summed E-state index contributed by atoms with van der Waals surface area (Å²) in [7, 11) is 0. The minimum atomic E-state index is 0.664. The maximum atomic E-state index is 8.81. The summed E-state index contributed by atoms with van der Waals surface area (Å²) >= 11 is 0. The lowest BCUT2D eigenvalue weighted by Crippen LogP contribution is -2.20. The van der Waals surface area contributed by atoms with E-state index in [1.54, 1.807) is 0 Å². The van der Waals surface area contributed by atoms with Gasteiger partial charge in [-0.3, -0.25) is 0 Å². The molecule has 104 valence electrons. The van der Waals surface area contributed by atoms with E-state index in [0.29, 0.717) is 11.5 Å². The molecule has 0 saturated carbocycles. The smallest absolute Gasteiger partial charge is 0.0991 e. The molecule has 1 N–H and O–H groups in total. The number of hydrogen-bond donors (Lipinski definition) is 1. The molecule has 0 fully saturated rings. The molecule has 0 bridgehead atoms. The van der Waals surface area contributed by atoms with Gasteiger partial charge in [0.25, 0.3) is 0 Å². The average Bonchev–Trinajstić information content (AvgIpc) is 2.87. The van der Waals surface area contributed by atoms with Gasteiger partial charge in [0.05, 0.1) is 11.6 Å². The molecule has 1 heterocycles. The van der Waals surface area contributed by atoms with Gasteiger partial charge in [0.1, 0.15) is 0 Å². The molecule has 0 saturated heterocycles. The van der Waals surface area contributed by atoms with E-state index in [0.717, 1.165) is 19.6 Å². The van der Waals surface area contributed by atoms with Gasteiger partial charge in [-0.1, -0.05) is 26.0 Å². The first kappa shape index (κ1) is 14.4. The highest BCUT2D eigenvalue weighted by molar-refractivity contribution is 5.31. The van der Waals surface area contributed by atoms with Crippen LogP contribution in [0.5, 0.6) is 0 Å². The van der Waals surface area contributed by atoms with Crippen molar-refractivity contribution in [2.45, 2.75) is 26.9 Å². The zero-order chi connectivity index (χ0) is 14.4. The first-order chi connectivity index (χ1) is 9.69. The molecule has 20 heavy (non-hydrogen) atoms. The van der Waals surface area contributed by atoms with Crippen molar-refractivity contribution in [3.05, 3.63) is 59.4 Å². The van der Waals surface area contributed by atoms with Crippen LogP contribution in [0.15, 0.2) is 42.6 Å². The van der Waals surface area contributed by atoms with Gasteiger partial charge in [-0.15, -0.1) is 0 Å². The molecule has 1 aromatic carbocycles. The summed E-state index contributed by atoms with van der Waals surface area (Å²) in [5.41, 5.74) is 3.21. The number of nitriles is 1. The van der Waals surface area contributed by atoms with Gasteiger partial charge >= 0.3 is 0 Å². The van der Waals surface area contributed by atoms with E-state index < -0.39 is 0 Å². The lowest BCUT2D eigenvalue weighted by molar-refractivity contribution is 0.539. The number of benzene rings is 1. The average molecular weight is 267 g/mol. The molecule has 2 aromatic rings. The normalized spacial score (nSPS) is 10.7. The summed E-state index contributed by atoms with van der Waals surface area (Å²) in [6.45, 7) is 7.19. The van der Waals surface area contributed by atoms with E-state index in [9.17, 15) is 0 Å². The lowest BCUT2D eigenvalue weighted by atomic mass is 10.1. The summed E-state index contributed by atoms with van der Waals surface area (Å²) in [6.07, 6.45) is 2.10. The first-order valence-electron chi connectivity index (χ1n) is 7.03. The van der Waals surface area contributed by atoms with Crippen LogP contribution in [-0.4, -0.2) is 11.1 Å². The molecule has 0 aliphatic rings. The van der Waals surface area contributed by atoms with Crippen LogP contribution in [0.4, 0.5) is 0 Å². The van der Waals surface area contributed by atoms with Gasteiger partial charge in [0, 0.05) is 25.0 Å². The third kappa shape index (κ3) is 3.97. The molecular formula is C17H21N3. The van der Waals surface area contributed by atoms with Crippen LogP contribution in [0.1, 0.15) is 30.7 Å². The third-order valence-corrected chi connectivity index (χ3v) is 3.22. The maximum absolute atomic E-state index is 8.81. The Bertz CT molecular complexity index is 573. The van der Waals surface area contributed by atoms with Crippen molar-refractivity contribution in [1.82, 2.24) is 9.88 Å². The van der Waals surface area contributed by atoms with Crippen molar-refractivity contribution in [1.29, 1.82) is 5.26 Å². The highest BCUT2D eigenvalue weighted by Gasteiger charge is 2.02. The predicted molar refractivity (Wildman–Crippen MR) is 81.2 cm³/mol. The van der Waals surface area contributed by atoms with E-state index in [-0.39, 0.29) is 0 Å². The SMILES string of the molecule is CC(C)CNCc1cccn1Cc1ccc(C#N)cc1. The van der Waals surface area contributed by atoms with Crippen LogP contribution < -0.4 is 5.32 Å². The van der Waals surface area contributed by atoms with Crippen molar-refractivity contribution < 1.29 is 0 Å². The lowest BCUT2D eigenvalue weighted by Gasteiger charge is -2.11. The molecule has 0 amide bonds. The quantitative estimate of drug-likeness (QED) is 0.873. The fraction of sp³-hybridized carbons (Fsp3) is 0.353. The second-order valence-electron chi connectivity index (χ2n) is 5.46. The Hall–Kier alpha value is -2.05. The standard InChI is InChI=1S/C17H21N3/c1-14(2)11-19-12-17-4-3-9-20(17)13-16-7-5-15(10-18)6-8-16/h3-9,14,19H,11-13H2,1-2H3. The Labute approximate surface area is 120 Å². The zero-order valence-electron chi connectivity index (χ0n) is 12.1. The van der Waals surface area contributed by atoms with E-state index in [1.807, 2.05) is 24.3 Å². The van der Waals surface area contributed by atoms with E-state index in [2.05, 4.69) is 48.1 Å². The first-order valence-corrected chi connectivity index (χ1v) is 7.03. The summed E-state index contributed by atoms with van der Waals surface area (Å²) in [5, 5.41) is 12.3. The van der Waals surface area contributed by atoms with Crippen LogP contribution in [0.2, 0.25) is 0 Å². The van der Waals surface area contributed by atoms with Crippen molar-refractivity contribution in [2.24, 2.45) is 5.92 Å². The van der Waals surface area contributed by atoms with E-state index in [4.69, 9.17) is 5.26 Å². The van der Waals surface area contributed by atoms with Crippen LogP contribution in [0.3, 0.4) is 0 Å². The van der Waals surface area contributed by atoms with Gasteiger partial charge in [0.15, 0.2) is 0 Å². The Kier molecular flexibility index (Phi) is 4.97. The van der Waals surface area contributed by atoms with Gasteiger partial charge < -0.3 is 9.88 Å². The minimum Gasteiger partial charge on any atom is -0.346 e. The molecular weight excluding hydrogens is 246 g/mol. The van der Waals surface area contributed by atoms with Gasteiger partial charge in [0.2, 0.25) is 0 Å². The molecule has 0 radical (unpaired) electrons. The van der Waals surface area contributed by atoms with Gasteiger partial charge in [-0.05, 0) is 42.3 Å². The zero-order valence-corrected chi connectivity index (χ0v) is 12.1. The number of aromatic nitrogens is 1. The van der Waals surface area contributed by atoms with Crippen molar-refractivity contribution in [3.63, 3.8) is 0 Å². The Morgan fingerprint density at radius 3 is 2.60 bits per heavy atom. The molecule has 0 atom stereocenters. The monoisotopic (exact) mass is 267 g/mol. The van der Waals surface area contributed by atoms with Gasteiger partial charge in [-0.25, -0.2) is 0 Å². The van der Waals surface area contributed by atoms with Crippen molar-refractivity contribution in [2.75, 3.05) is 6.54 Å². The molecule has 3 heteroatoms. The molecule has 3 nitrogen and oxygen atoms in total. The van der Waals surface area contributed by atoms with E-state index in [1.165, 1.54) is 11.3 Å². The third-order valence-electron chi connectivity index (χ3n) is 3.22. The number of nitrogens with zero attached hydrogens (tertiary/aromatic N) is 2. The van der Waals surface area contributed by atoms with Crippen LogP contribution in [0.25, 0.3) is 0 Å². The molecule has 2 rings (SSSR count). The maximum Gasteiger partial charge on any atom is 0.0991 e. The second kappa shape index (κ2) is 6.93. The number of hydrogen-bond acceptors (Lipinski definition) is 2. The summed E-state index contributed by atoms with van der Waals surface area (Å²) < 4.78 is 2.24. The Morgan fingerprint density at radius 1 is 1.20 bits per heavy atom. The highest BCUT2D eigenvalue weighted by atomic mass is 15.0. The van der Waals surface area contributed by atoms with Crippen LogP contribution in [-0.2, 0) is 13.1 Å². The number of rotatable bonds is 6. The molecule has 0 aliphatic heterocycles. The van der Waals surface area contributed by atoms with Crippen molar-refractivity contribution in [3.8, 4) is 6.07 Å². The van der Waals surface area contributed by atoms with Crippen LogP contribution in [0, 0.1) is 17.2 Å². The molecule has 1 aromatic heterocycles. The highest BCUT2D eigenvalue weighted by Crippen LogP contribution is 2.09. The molecule has 0 aliphatic carbocycles. The second-order valence-corrected chi connectivity index (χ2v) is 5.46. The topological polar surface area (TPSA) is 40.8 Å². The molecule has 0 spiro atoms. The number of nitrogens with one attached hydrogen (secondary N) is 1. The fourth-order valence-corrected chi connectivity index (χ4v) is 2.13. The summed E-state index contributed by atoms with van der Waals surface area (Å²) in [5.74, 6) is 0.664. The summed E-state index contributed by atoms with van der Waals surface area (Å²) in [4.78, 5) is 0. The largest absolute Gasteiger partial charge is 0.346 e. The minimum absolute atomic E-state index is 0.664. The van der Waals surface area contributed by atoms with E-state index >= 15 is 0 Å². The Morgan fingerprint density at radius 2 is 1.95 bits per heavy atom. The predicted octanol–water partition coefficient (Wildman–Crippen LogP) is 3.15. The van der Waals surface area contributed by atoms with Gasteiger partial charge in [-0.2, -0.15) is 5.26 Å². The molecule has 0 unspecified atom stereocenters. The Balaban J connectivity index is 1.99. The van der Waals surface area contributed by atoms with Crippen LogP contribution >= 0.6 is 0 Å². The summed E-state index contributed by atoms with van der Waals surface area (Å²) in [6, 6.07) is 14.2.